The third kappa shape index (κ3) is 5.72. The molecule has 0 saturated heterocycles. The van der Waals surface area contributed by atoms with Crippen LogP contribution in [0.3, 0.4) is 0 Å². The van der Waals surface area contributed by atoms with Gasteiger partial charge in [-0.15, -0.1) is 20.4 Å². The zero-order valence-electron chi connectivity index (χ0n) is 18.5. The Morgan fingerprint density at radius 1 is 1.15 bits per heavy atom. The smallest absolute Gasteiger partial charge is 0.231 e. The minimum absolute atomic E-state index is 0.00519. The third-order valence-corrected chi connectivity index (χ3v) is 6.66. The number of Topliss-reactive ketones (excluding diaryl/α,β-unsaturated/α-hetero) is 1. The average molecular weight is 497 g/mol. The van der Waals surface area contributed by atoms with Gasteiger partial charge in [0.2, 0.25) is 5.13 Å². The first-order valence-electron chi connectivity index (χ1n) is 10.4. The molecule has 0 saturated carbocycles. The maximum atomic E-state index is 13.1. The zero-order valence-corrected chi connectivity index (χ0v) is 20.1. The summed E-state index contributed by atoms with van der Waals surface area (Å²) in [4.78, 5) is 16.6. The number of halogens is 1. The normalized spacial score (nSPS) is 11.3. The molecule has 174 valence electrons. The lowest BCUT2D eigenvalue weighted by atomic mass is 10.2. The molecule has 0 radical (unpaired) electrons. The SMILES string of the molecule is CCn1c(SCC(=O)CC=Nc2nnc(-c3ccc(F)cc3)s2)nnc1-c1cccc(OC)c1. The molecule has 4 rings (SSSR count). The molecule has 4 aromatic rings. The van der Waals surface area contributed by atoms with Gasteiger partial charge >= 0.3 is 0 Å². The predicted octanol–water partition coefficient (Wildman–Crippen LogP) is 5.09. The maximum absolute atomic E-state index is 13.1. The third-order valence-electron chi connectivity index (χ3n) is 4.75. The van der Waals surface area contributed by atoms with Crippen molar-refractivity contribution in [2.75, 3.05) is 12.9 Å². The number of carbonyl (C=O) groups is 1. The Bertz CT molecular complexity index is 1300. The largest absolute Gasteiger partial charge is 0.497 e. The van der Waals surface area contributed by atoms with Crippen LogP contribution in [0.5, 0.6) is 5.75 Å². The second-order valence-electron chi connectivity index (χ2n) is 7.02. The number of rotatable bonds is 10. The van der Waals surface area contributed by atoms with Gasteiger partial charge in [0.1, 0.15) is 22.4 Å². The van der Waals surface area contributed by atoms with E-state index in [4.69, 9.17) is 4.74 Å². The molecule has 0 unspecified atom stereocenters. The van der Waals surface area contributed by atoms with Crippen molar-refractivity contribution in [2.24, 2.45) is 4.99 Å². The number of benzene rings is 2. The van der Waals surface area contributed by atoms with Crippen molar-refractivity contribution in [3.63, 3.8) is 0 Å². The van der Waals surface area contributed by atoms with Gasteiger partial charge < -0.3 is 9.30 Å². The molecular formula is C23H21FN6O2S2. The first-order chi connectivity index (χ1) is 16.6. The number of ether oxygens (including phenoxy) is 1. The highest BCUT2D eigenvalue weighted by molar-refractivity contribution is 7.99. The summed E-state index contributed by atoms with van der Waals surface area (Å²) in [5.74, 6) is 1.42. The van der Waals surface area contributed by atoms with E-state index in [1.165, 1.54) is 41.4 Å². The summed E-state index contributed by atoms with van der Waals surface area (Å²) in [6.07, 6.45) is 1.70. The molecule has 2 aromatic carbocycles. The lowest BCUT2D eigenvalue weighted by molar-refractivity contribution is -0.115. The molecular weight excluding hydrogens is 475 g/mol. The van der Waals surface area contributed by atoms with Gasteiger partial charge in [-0.2, -0.15) is 0 Å². The standard InChI is InChI=1S/C23H21FN6O2S2/c1-3-30-20(16-5-4-6-19(13-16)32-2)26-29-23(30)33-14-18(31)11-12-25-22-28-27-21(34-22)15-7-9-17(24)10-8-15/h4-10,12-13H,3,11,14H2,1-2H3. The molecule has 0 aliphatic heterocycles. The minimum atomic E-state index is -0.309. The molecule has 0 aliphatic rings. The van der Waals surface area contributed by atoms with Gasteiger partial charge in [0.05, 0.1) is 12.9 Å². The fraction of sp³-hybridized carbons (Fsp3) is 0.217. The van der Waals surface area contributed by atoms with E-state index in [0.717, 1.165) is 22.7 Å². The van der Waals surface area contributed by atoms with Gasteiger partial charge in [-0.3, -0.25) is 4.79 Å². The highest BCUT2D eigenvalue weighted by atomic mass is 32.2. The van der Waals surface area contributed by atoms with Crippen LogP contribution in [0.25, 0.3) is 22.0 Å². The Balaban J connectivity index is 1.33. The number of nitrogens with zero attached hydrogens (tertiary/aromatic N) is 6. The summed E-state index contributed by atoms with van der Waals surface area (Å²) in [6, 6.07) is 13.6. The highest BCUT2D eigenvalue weighted by Gasteiger charge is 2.15. The molecule has 0 fully saturated rings. The number of aliphatic imine (C=N–C) groups is 1. The van der Waals surface area contributed by atoms with Gasteiger partial charge in [-0.1, -0.05) is 35.2 Å². The Hall–Kier alpha value is -3.44. The molecule has 0 spiro atoms. The number of methoxy groups -OCH3 is 1. The average Bonchev–Trinajstić information content (AvgIpc) is 3.50. The number of thioether (sulfide) groups is 1. The van der Waals surface area contributed by atoms with E-state index in [1.54, 1.807) is 19.2 Å². The van der Waals surface area contributed by atoms with Crippen LogP contribution in [0.1, 0.15) is 13.3 Å². The molecule has 0 atom stereocenters. The Morgan fingerprint density at radius 3 is 2.74 bits per heavy atom. The second-order valence-corrected chi connectivity index (χ2v) is 8.92. The van der Waals surface area contributed by atoms with Gasteiger partial charge in [0, 0.05) is 30.3 Å². The summed E-state index contributed by atoms with van der Waals surface area (Å²) in [6.45, 7) is 2.68. The lowest BCUT2D eigenvalue weighted by Crippen LogP contribution is -2.05. The predicted molar refractivity (Wildman–Crippen MR) is 131 cm³/mol. The second kappa shape index (κ2) is 11.1. The van der Waals surface area contributed by atoms with Gasteiger partial charge in [-0.25, -0.2) is 9.38 Å². The first kappa shape index (κ1) is 23.7. The van der Waals surface area contributed by atoms with E-state index in [0.29, 0.717) is 21.8 Å². The van der Waals surface area contributed by atoms with E-state index in [-0.39, 0.29) is 23.8 Å². The van der Waals surface area contributed by atoms with Gasteiger partial charge in [0.25, 0.3) is 0 Å². The van der Waals surface area contributed by atoms with Crippen LogP contribution < -0.4 is 4.74 Å². The van der Waals surface area contributed by atoms with Crippen molar-refractivity contribution >= 4 is 40.2 Å². The quantitative estimate of drug-likeness (QED) is 0.223. The molecule has 0 aliphatic carbocycles. The molecule has 8 nitrogen and oxygen atoms in total. The minimum Gasteiger partial charge on any atom is -0.497 e. The molecule has 0 amide bonds. The Kier molecular flexibility index (Phi) is 7.76. The molecule has 2 aromatic heterocycles. The van der Waals surface area contributed by atoms with Crippen LogP contribution in [-0.4, -0.2) is 49.8 Å². The van der Waals surface area contributed by atoms with Crippen molar-refractivity contribution in [2.45, 2.75) is 25.0 Å². The number of carbonyl (C=O) groups excluding carboxylic acids is 1. The topological polar surface area (TPSA) is 95.2 Å². The summed E-state index contributed by atoms with van der Waals surface area (Å²) in [5.41, 5.74) is 1.66. The van der Waals surface area contributed by atoms with Crippen LogP contribution in [0.2, 0.25) is 0 Å². The van der Waals surface area contributed by atoms with Crippen molar-refractivity contribution in [1.29, 1.82) is 0 Å². The lowest BCUT2D eigenvalue weighted by Gasteiger charge is -2.08. The molecule has 0 bridgehead atoms. The molecule has 0 N–H and O–H groups in total. The maximum Gasteiger partial charge on any atom is 0.231 e. The van der Waals surface area contributed by atoms with Gasteiger partial charge in [-0.05, 0) is 43.3 Å². The summed E-state index contributed by atoms with van der Waals surface area (Å²) in [5, 5.41) is 18.4. The van der Waals surface area contributed by atoms with E-state index in [9.17, 15) is 9.18 Å². The summed E-state index contributed by atoms with van der Waals surface area (Å²) < 4.78 is 20.3. The van der Waals surface area contributed by atoms with Crippen molar-refractivity contribution in [1.82, 2.24) is 25.0 Å². The number of hydrogen-bond donors (Lipinski definition) is 0. The van der Waals surface area contributed by atoms with Crippen LogP contribution in [0.4, 0.5) is 9.52 Å². The van der Waals surface area contributed by atoms with Crippen molar-refractivity contribution < 1.29 is 13.9 Å². The van der Waals surface area contributed by atoms with Crippen LogP contribution >= 0.6 is 23.1 Å². The number of hydrogen-bond acceptors (Lipinski definition) is 9. The fourth-order valence-electron chi connectivity index (χ4n) is 3.06. The zero-order chi connectivity index (χ0) is 23.9. The summed E-state index contributed by atoms with van der Waals surface area (Å²) in [7, 11) is 1.62. The molecule has 2 heterocycles. The van der Waals surface area contributed by atoms with Crippen molar-refractivity contribution in [3.8, 4) is 27.7 Å². The van der Waals surface area contributed by atoms with E-state index in [1.807, 2.05) is 35.8 Å². The van der Waals surface area contributed by atoms with Crippen LogP contribution in [0, 0.1) is 5.82 Å². The first-order valence-corrected chi connectivity index (χ1v) is 12.2. The summed E-state index contributed by atoms with van der Waals surface area (Å²) >= 11 is 2.62. The van der Waals surface area contributed by atoms with E-state index in [2.05, 4.69) is 25.4 Å². The molecule has 11 heteroatoms. The Labute approximate surface area is 203 Å². The Morgan fingerprint density at radius 2 is 1.97 bits per heavy atom. The van der Waals surface area contributed by atoms with Crippen LogP contribution in [0.15, 0.2) is 58.7 Å². The van der Waals surface area contributed by atoms with Crippen molar-refractivity contribution in [3.05, 3.63) is 54.3 Å². The van der Waals surface area contributed by atoms with E-state index >= 15 is 0 Å². The number of ketones is 1. The van der Waals surface area contributed by atoms with E-state index < -0.39 is 0 Å². The van der Waals surface area contributed by atoms with Gasteiger partial charge in [0.15, 0.2) is 11.0 Å². The highest BCUT2D eigenvalue weighted by Crippen LogP contribution is 2.28. The monoisotopic (exact) mass is 496 g/mol. The van der Waals surface area contributed by atoms with Crippen LogP contribution in [-0.2, 0) is 11.3 Å². The molecule has 34 heavy (non-hydrogen) atoms. The fourth-order valence-corrected chi connectivity index (χ4v) is 4.66. The number of aromatic nitrogens is 5.